The molecule has 0 spiro atoms. The van der Waals surface area contributed by atoms with Crippen LogP contribution in [0.5, 0.6) is 0 Å². The SMILES string of the molecule is Cc1ccccc1C(N)CCN1CCCN(CCO)CC1. The Morgan fingerprint density at radius 1 is 1.10 bits per heavy atom. The van der Waals surface area contributed by atoms with Gasteiger partial charge in [0.15, 0.2) is 0 Å². The normalized spacial score (nSPS) is 19.4. The average molecular weight is 291 g/mol. The minimum absolute atomic E-state index is 0.128. The second-order valence-corrected chi connectivity index (χ2v) is 6.01. The van der Waals surface area contributed by atoms with Gasteiger partial charge in [-0.2, -0.15) is 0 Å². The van der Waals surface area contributed by atoms with E-state index in [1.54, 1.807) is 0 Å². The highest BCUT2D eigenvalue weighted by atomic mass is 16.3. The number of nitrogens with two attached hydrogens (primary N) is 1. The monoisotopic (exact) mass is 291 g/mol. The molecule has 1 aromatic carbocycles. The molecule has 0 bridgehead atoms. The van der Waals surface area contributed by atoms with Crippen LogP contribution in [-0.2, 0) is 0 Å². The summed E-state index contributed by atoms with van der Waals surface area (Å²) in [5, 5.41) is 9.03. The zero-order valence-corrected chi connectivity index (χ0v) is 13.2. The van der Waals surface area contributed by atoms with E-state index in [2.05, 4.69) is 41.0 Å². The van der Waals surface area contributed by atoms with Crippen LogP contribution in [0.2, 0.25) is 0 Å². The summed E-state index contributed by atoms with van der Waals surface area (Å²) in [4.78, 5) is 4.86. The molecule has 118 valence electrons. The predicted octanol–water partition coefficient (Wildman–Crippen LogP) is 1.38. The number of β-amino-alcohol motifs (C(OH)–C–C–N with tert-alkyl or cyclic N) is 1. The molecular formula is C17H29N3O. The van der Waals surface area contributed by atoms with Gasteiger partial charge < -0.3 is 15.7 Å². The zero-order chi connectivity index (χ0) is 15.1. The summed E-state index contributed by atoms with van der Waals surface area (Å²) in [6, 6.07) is 8.54. The van der Waals surface area contributed by atoms with E-state index in [9.17, 15) is 0 Å². The van der Waals surface area contributed by atoms with E-state index < -0.39 is 0 Å². The largest absolute Gasteiger partial charge is 0.395 e. The second-order valence-electron chi connectivity index (χ2n) is 6.01. The lowest BCUT2D eigenvalue weighted by atomic mass is 9.99. The Morgan fingerprint density at radius 2 is 1.76 bits per heavy atom. The van der Waals surface area contributed by atoms with Crippen molar-refractivity contribution in [2.24, 2.45) is 5.73 Å². The van der Waals surface area contributed by atoms with Crippen LogP contribution >= 0.6 is 0 Å². The Bertz CT molecular complexity index is 424. The predicted molar refractivity (Wildman–Crippen MR) is 87.3 cm³/mol. The minimum Gasteiger partial charge on any atom is -0.395 e. The number of aryl methyl sites for hydroxylation is 1. The van der Waals surface area contributed by atoms with Crippen molar-refractivity contribution in [2.45, 2.75) is 25.8 Å². The van der Waals surface area contributed by atoms with Crippen LogP contribution in [0.25, 0.3) is 0 Å². The van der Waals surface area contributed by atoms with E-state index in [4.69, 9.17) is 10.8 Å². The molecule has 0 aromatic heterocycles. The van der Waals surface area contributed by atoms with Crippen molar-refractivity contribution in [1.82, 2.24) is 9.80 Å². The molecule has 0 amide bonds. The summed E-state index contributed by atoms with van der Waals surface area (Å²) < 4.78 is 0. The Morgan fingerprint density at radius 3 is 2.43 bits per heavy atom. The molecule has 1 heterocycles. The van der Waals surface area contributed by atoms with Crippen LogP contribution in [-0.4, -0.2) is 60.8 Å². The van der Waals surface area contributed by atoms with Gasteiger partial charge in [0.2, 0.25) is 0 Å². The lowest BCUT2D eigenvalue weighted by molar-refractivity contribution is 0.196. The van der Waals surface area contributed by atoms with Crippen LogP contribution in [0.15, 0.2) is 24.3 Å². The smallest absolute Gasteiger partial charge is 0.0558 e. The van der Waals surface area contributed by atoms with E-state index in [0.717, 1.165) is 45.7 Å². The van der Waals surface area contributed by atoms with E-state index in [0.29, 0.717) is 0 Å². The van der Waals surface area contributed by atoms with Crippen molar-refractivity contribution in [3.63, 3.8) is 0 Å². The number of benzene rings is 1. The second kappa shape index (κ2) is 8.49. The fourth-order valence-electron chi connectivity index (χ4n) is 3.09. The molecular weight excluding hydrogens is 262 g/mol. The first-order valence-corrected chi connectivity index (χ1v) is 8.07. The van der Waals surface area contributed by atoms with Gasteiger partial charge in [0.05, 0.1) is 6.61 Å². The Labute approximate surface area is 128 Å². The third-order valence-electron chi connectivity index (χ3n) is 4.44. The molecule has 0 aliphatic carbocycles. The zero-order valence-electron chi connectivity index (χ0n) is 13.2. The molecule has 0 radical (unpaired) electrons. The standard InChI is InChI=1S/C17H29N3O/c1-15-5-2-3-6-16(15)17(18)7-10-19-8-4-9-20(12-11-19)13-14-21/h2-3,5-6,17,21H,4,7-14,18H2,1H3. The maximum absolute atomic E-state index is 9.03. The summed E-state index contributed by atoms with van der Waals surface area (Å²) in [6.45, 7) is 8.63. The number of hydrogen-bond donors (Lipinski definition) is 2. The summed E-state index contributed by atoms with van der Waals surface area (Å²) in [6.07, 6.45) is 2.18. The third-order valence-corrected chi connectivity index (χ3v) is 4.44. The third kappa shape index (κ3) is 5.08. The average Bonchev–Trinajstić information content (AvgIpc) is 2.71. The van der Waals surface area contributed by atoms with Crippen molar-refractivity contribution in [3.8, 4) is 0 Å². The first-order valence-electron chi connectivity index (χ1n) is 8.07. The van der Waals surface area contributed by atoms with Crippen LogP contribution < -0.4 is 5.73 Å². The maximum atomic E-state index is 9.03. The Balaban J connectivity index is 1.79. The van der Waals surface area contributed by atoms with Gasteiger partial charge in [-0.3, -0.25) is 4.90 Å². The molecule has 4 nitrogen and oxygen atoms in total. The van der Waals surface area contributed by atoms with Gasteiger partial charge in [0.25, 0.3) is 0 Å². The first-order chi connectivity index (χ1) is 10.2. The first kappa shape index (κ1) is 16.4. The number of hydrogen-bond acceptors (Lipinski definition) is 4. The maximum Gasteiger partial charge on any atom is 0.0558 e. The van der Waals surface area contributed by atoms with Crippen molar-refractivity contribution in [2.75, 3.05) is 45.9 Å². The highest BCUT2D eigenvalue weighted by Crippen LogP contribution is 2.18. The molecule has 1 aliphatic rings. The van der Waals surface area contributed by atoms with Crippen LogP contribution in [0.4, 0.5) is 0 Å². The summed E-state index contributed by atoms with van der Waals surface area (Å²) >= 11 is 0. The molecule has 1 aliphatic heterocycles. The summed E-state index contributed by atoms with van der Waals surface area (Å²) in [5.41, 5.74) is 8.92. The number of nitrogens with zero attached hydrogens (tertiary/aromatic N) is 2. The van der Waals surface area contributed by atoms with Crippen molar-refractivity contribution in [3.05, 3.63) is 35.4 Å². The molecule has 21 heavy (non-hydrogen) atoms. The van der Waals surface area contributed by atoms with E-state index in [-0.39, 0.29) is 12.6 Å². The van der Waals surface area contributed by atoms with Gasteiger partial charge in [0, 0.05) is 25.7 Å². The highest BCUT2D eigenvalue weighted by molar-refractivity contribution is 5.28. The van der Waals surface area contributed by atoms with Crippen molar-refractivity contribution < 1.29 is 5.11 Å². The van der Waals surface area contributed by atoms with Gasteiger partial charge in [-0.05, 0) is 50.5 Å². The number of aliphatic hydroxyl groups excluding tert-OH is 1. The Kier molecular flexibility index (Phi) is 6.64. The number of rotatable bonds is 6. The summed E-state index contributed by atoms with van der Waals surface area (Å²) in [5.74, 6) is 0. The van der Waals surface area contributed by atoms with E-state index >= 15 is 0 Å². The lowest BCUT2D eigenvalue weighted by Gasteiger charge is -2.23. The number of aliphatic hydroxyl groups is 1. The highest BCUT2D eigenvalue weighted by Gasteiger charge is 2.16. The molecule has 1 atom stereocenters. The molecule has 1 aromatic rings. The topological polar surface area (TPSA) is 52.7 Å². The molecule has 0 saturated carbocycles. The molecule has 1 fully saturated rings. The lowest BCUT2D eigenvalue weighted by Crippen LogP contribution is -2.33. The van der Waals surface area contributed by atoms with E-state index in [1.807, 2.05) is 0 Å². The van der Waals surface area contributed by atoms with Gasteiger partial charge in [-0.15, -0.1) is 0 Å². The summed E-state index contributed by atoms with van der Waals surface area (Å²) in [7, 11) is 0. The quantitative estimate of drug-likeness (QED) is 0.831. The van der Waals surface area contributed by atoms with Crippen LogP contribution in [0.1, 0.15) is 30.0 Å². The van der Waals surface area contributed by atoms with Gasteiger partial charge in [-0.1, -0.05) is 24.3 Å². The molecule has 1 saturated heterocycles. The fourth-order valence-corrected chi connectivity index (χ4v) is 3.09. The molecule has 3 N–H and O–H groups in total. The molecule has 1 unspecified atom stereocenters. The fraction of sp³-hybridized carbons (Fsp3) is 0.647. The van der Waals surface area contributed by atoms with Crippen molar-refractivity contribution >= 4 is 0 Å². The van der Waals surface area contributed by atoms with E-state index in [1.165, 1.54) is 17.5 Å². The minimum atomic E-state index is 0.128. The molecule has 2 rings (SSSR count). The van der Waals surface area contributed by atoms with Gasteiger partial charge in [0.1, 0.15) is 0 Å². The van der Waals surface area contributed by atoms with Crippen LogP contribution in [0.3, 0.4) is 0 Å². The van der Waals surface area contributed by atoms with Gasteiger partial charge >= 0.3 is 0 Å². The van der Waals surface area contributed by atoms with Gasteiger partial charge in [-0.25, -0.2) is 0 Å². The Hall–Kier alpha value is -0.940. The molecule has 4 heteroatoms. The van der Waals surface area contributed by atoms with Crippen molar-refractivity contribution in [1.29, 1.82) is 0 Å². The van der Waals surface area contributed by atoms with Crippen LogP contribution in [0, 0.1) is 6.92 Å².